The van der Waals surface area contributed by atoms with Crippen molar-refractivity contribution in [1.82, 2.24) is 5.32 Å². The fourth-order valence-electron chi connectivity index (χ4n) is 2.44. The Kier molecular flexibility index (Phi) is 4.97. The van der Waals surface area contributed by atoms with E-state index in [4.69, 9.17) is 9.15 Å². The van der Waals surface area contributed by atoms with Crippen molar-refractivity contribution < 1.29 is 27.5 Å². The molecule has 0 saturated heterocycles. The summed E-state index contributed by atoms with van der Waals surface area (Å²) in [5, 5.41) is 3.03. The van der Waals surface area contributed by atoms with Crippen LogP contribution in [0, 0.1) is 18.6 Å². The third kappa shape index (κ3) is 3.88. The minimum Gasteiger partial charge on any atom is -0.450 e. The number of nitrogens with one attached hydrogen (secondary N) is 1. The van der Waals surface area contributed by atoms with Crippen LogP contribution < -0.4 is 5.32 Å². The molecule has 0 fully saturated rings. The molecular formula is C19H15F2NO4. The second kappa shape index (κ2) is 7.35. The summed E-state index contributed by atoms with van der Waals surface area (Å²) in [6.07, 6.45) is 0. The van der Waals surface area contributed by atoms with E-state index in [0.717, 1.165) is 0 Å². The smallest absolute Gasteiger partial charge is 0.375 e. The molecule has 1 amide bonds. The molecule has 0 saturated carbocycles. The van der Waals surface area contributed by atoms with Crippen molar-refractivity contribution >= 4 is 22.8 Å². The Morgan fingerprint density at radius 1 is 1.08 bits per heavy atom. The van der Waals surface area contributed by atoms with E-state index in [1.807, 2.05) is 0 Å². The zero-order valence-corrected chi connectivity index (χ0v) is 13.8. The fraction of sp³-hybridized carbons (Fsp3) is 0.158. The highest BCUT2D eigenvalue weighted by atomic mass is 19.1. The molecule has 26 heavy (non-hydrogen) atoms. The average molecular weight is 359 g/mol. The number of halogens is 2. The minimum absolute atomic E-state index is 0.0723. The van der Waals surface area contributed by atoms with Gasteiger partial charge in [-0.2, -0.15) is 0 Å². The van der Waals surface area contributed by atoms with Gasteiger partial charge in [0.1, 0.15) is 17.2 Å². The number of carbonyl (C=O) groups excluding carboxylic acids is 2. The van der Waals surface area contributed by atoms with Gasteiger partial charge >= 0.3 is 5.97 Å². The Labute approximate surface area is 147 Å². The first-order valence-electron chi connectivity index (χ1n) is 7.81. The Morgan fingerprint density at radius 2 is 1.77 bits per heavy atom. The van der Waals surface area contributed by atoms with Crippen LogP contribution >= 0.6 is 0 Å². The predicted octanol–water partition coefficient (Wildman–Crippen LogP) is 3.49. The van der Waals surface area contributed by atoms with Gasteiger partial charge in [-0.05, 0) is 42.8 Å². The molecule has 0 radical (unpaired) electrons. The van der Waals surface area contributed by atoms with Crippen molar-refractivity contribution in [3.05, 3.63) is 71.0 Å². The van der Waals surface area contributed by atoms with Crippen LogP contribution in [0.15, 0.2) is 46.9 Å². The zero-order chi connectivity index (χ0) is 18.7. The summed E-state index contributed by atoms with van der Waals surface area (Å²) in [7, 11) is 0. The lowest BCUT2D eigenvalue weighted by Crippen LogP contribution is -2.28. The van der Waals surface area contributed by atoms with Gasteiger partial charge < -0.3 is 14.5 Å². The monoisotopic (exact) mass is 359 g/mol. The summed E-state index contributed by atoms with van der Waals surface area (Å²) in [5.74, 6) is -2.20. The summed E-state index contributed by atoms with van der Waals surface area (Å²) in [6, 6.07) is 9.56. The van der Waals surface area contributed by atoms with E-state index >= 15 is 0 Å². The molecule has 1 heterocycles. The van der Waals surface area contributed by atoms with Crippen LogP contribution in [0.3, 0.4) is 0 Å². The van der Waals surface area contributed by atoms with E-state index in [2.05, 4.69) is 5.32 Å². The maximum Gasteiger partial charge on any atom is 0.375 e. The van der Waals surface area contributed by atoms with Gasteiger partial charge in [0.2, 0.25) is 5.76 Å². The SMILES string of the molecule is Cc1c(C(=O)OCC(=O)NCc2ccc(F)cc2)oc2ccc(F)cc12. The number of fused-ring (bicyclic) bond motifs is 1. The molecule has 5 nitrogen and oxygen atoms in total. The van der Waals surface area contributed by atoms with Crippen LogP contribution in [0.25, 0.3) is 11.0 Å². The third-order valence-corrected chi connectivity index (χ3v) is 3.82. The van der Waals surface area contributed by atoms with Gasteiger partial charge in [0.15, 0.2) is 6.61 Å². The van der Waals surface area contributed by atoms with Crippen LogP contribution in [-0.4, -0.2) is 18.5 Å². The number of furan rings is 1. The van der Waals surface area contributed by atoms with E-state index in [9.17, 15) is 18.4 Å². The molecule has 0 unspecified atom stereocenters. The summed E-state index contributed by atoms with van der Waals surface area (Å²) in [4.78, 5) is 23.9. The third-order valence-electron chi connectivity index (χ3n) is 3.82. The van der Waals surface area contributed by atoms with Crippen LogP contribution in [0.4, 0.5) is 8.78 Å². The second-order valence-electron chi connectivity index (χ2n) is 5.68. The van der Waals surface area contributed by atoms with E-state index in [-0.39, 0.29) is 18.1 Å². The molecule has 0 spiro atoms. The Bertz CT molecular complexity index is 964. The summed E-state index contributed by atoms with van der Waals surface area (Å²) in [5.41, 5.74) is 1.51. The molecule has 1 N–H and O–H groups in total. The van der Waals surface area contributed by atoms with Crippen molar-refractivity contribution in [3.63, 3.8) is 0 Å². The van der Waals surface area contributed by atoms with E-state index in [0.29, 0.717) is 22.1 Å². The number of amides is 1. The normalized spacial score (nSPS) is 10.7. The van der Waals surface area contributed by atoms with Gasteiger partial charge in [-0.25, -0.2) is 13.6 Å². The molecule has 0 aliphatic heterocycles. The van der Waals surface area contributed by atoms with Gasteiger partial charge in [-0.1, -0.05) is 12.1 Å². The molecule has 0 aliphatic rings. The van der Waals surface area contributed by atoms with Gasteiger partial charge in [-0.15, -0.1) is 0 Å². The zero-order valence-electron chi connectivity index (χ0n) is 13.8. The van der Waals surface area contributed by atoms with Crippen molar-refractivity contribution in [3.8, 4) is 0 Å². The average Bonchev–Trinajstić information content (AvgIpc) is 2.95. The van der Waals surface area contributed by atoms with Gasteiger partial charge in [0.05, 0.1) is 0 Å². The molecular weight excluding hydrogens is 344 g/mol. The van der Waals surface area contributed by atoms with Crippen molar-refractivity contribution in [1.29, 1.82) is 0 Å². The molecule has 0 atom stereocenters. The van der Waals surface area contributed by atoms with Crippen LogP contribution in [-0.2, 0) is 16.1 Å². The fourth-order valence-corrected chi connectivity index (χ4v) is 2.44. The first-order chi connectivity index (χ1) is 12.4. The molecule has 0 aliphatic carbocycles. The van der Waals surface area contributed by atoms with Gasteiger partial charge in [0, 0.05) is 17.5 Å². The van der Waals surface area contributed by atoms with Crippen LogP contribution in [0.5, 0.6) is 0 Å². The molecule has 7 heteroatoms. The summed E-state index contributed by atoms with van der Waals surface area (Å²) < 4.78 is 36.4. The van der Waals surface area contributed by atoms with Gasteiger partial charge in [0.25, 0.3) is 5.91 Å². The van der Waals surface area contributed by atoms with E-state index in [1.54, 1.807) is 19.1 Å². The van der Waals surface area contributed by atoms with Gasteiger partial charge in [-0.3, -0.25) is 4.79 Å². The van der Waals surface area contributed by atoms with Crippen LogP contribution in [0.1, 0.15) is 21.7 Å². The highest BCUT2D eigenvalue weighted by Crippen LogP contribution is 2.26. The lowest BCUT2D eigenvalue weighted by molar-refractivity contribution is -0.124. The standard InChI is InChI=1S/C19H15F2NO4/c1-11-15-8-14(21)6-7-16(15)26-18(11)19(24)25-10-17(23)22-9-12-2-4-13(20)5-3-12/h2-8H,9-10H2,1H3,(H,22,23). The van der Waals surface area contributed by atoms with Crippen molar-refractivity contribution in [2.45, 2.75) is 13.5 Å². The number of carbonyl (C=O) groups is 2. The Hall–Kier alpha value is -3.22. The Balaban J connectivity index is 1.57. The number of rotatable bonds is 5. The highest BCUT2D eigenvalue weighted by molar-refractivity contribution is 5.96. The first kappa shape index (κ1) is 17.6. The predicted molar refractivity (Wildman–Crippen MR) is 89.4 cm³/mol. The quantitative estimate of drug-likeness (QED) is 0.708. The van der Waals surface area contributed by atoms with Crippen molar-refractivity contribution in [2.75, 3.05) is 6.61 Å². The molecule has 134 valence electrons. The summed E-state index contributed by atoms with van der Waals surface area (Å²) in [6.45, 7) is 1.29. The second-order valence-corrected chi connectivity index (χ2v) is 5.68. The first-order valence-corrected chi connectivity index (χ1v) is 7.81. The molecule has 1 aromatic heterocycles. The minimum atomic E-state index is -0.809. The maximum absolute atomic E-state index is 13.3. The summed E-state index contributed by atoms with van der Waals surface area (Å²) >= 11 is 0. The molecule has 2 aromatic carbocycles. The largest absolute Gasteiger partial charge is 0.450 e. The topological polar surface area (TPSA) is 68.5 Å². The molecule has 3 aromatic rings. The van der Waals surface area contributed by atoms with Crippen LogP contribution in [0.2, 0.25) is 0 Å². The highest BCUT2D eigenvalue weighted by Gasteiger charge is 2.20. The van der Waals surface area contributed by atoms with E-state index in [1.165, 1.54) is 30.3 Å². The Morgan fingerprint density at radius 3 is 2.50 bits per heavy atom. The van der Waals surface area contributed by atoms with E-state index < -0.39 is 24.3 Å². The number of esters is 1. The maximum atomic E-state index is 13.3. The lowest BCUT2D eigenvalue weighted by Gasteiger charge is -2.06. The van der Waals surface area contributed by atoms with Crippen molar-refractivity contribution in [2.24, 2.45) is 0 Å². The number of aryl methyl sites for hydroxylation is 1. The number of hydrogen-bond acceptors (Lipinski definition) is 4. The number of ether oxygens (including phenoxy) is 1. The molecule has 3 rings (SSSR count). The molecule has 0 bridgehead atoms. The lowest BCUT2D eigenvalue weighted by atomic mass is 10.1. The number of benzene rings is 2. The number of hydrogen-bond donors (Lipinski definition) is 1.